The van der Waals surface area contributed by atoms with Gasteiger partial charge < -0.3 is 10.1 Å². The number of carbonyl (C=O) groups is 1. The van der Waals surface area contributed by atoms with E-state index in [9.17, 15) is 4.79 Å². The minimum atomic E-state index is -0.572. The fourth-order valence-electron chi connectivity index (χ4n) is 0.831. The summed E-state index contributed by atoms with van der Waals surface area (Å²) in [5.74, 6) is 0.290. The van der Waals surface area contributed by atoms with Crippen molar-refractivity contribution in [3.05, 3.63) is 0 Å². The summed E-state index contributed by atoms with van der Waals surface area (Å²) in [7, 11) is 1.34. The van der Waals surface area contributed by atoms with Gasteiger partial charge >= 0.3 is 5.97 Å². The highest BCUT2D eigenvalue weighted by atomic mass is 35.5. The van der Waals surface area contributed by atoms with E-state index >= 15 is 0 Å². The van der Waals surface area contributed by atoms with Crippen molar-refractivity contribution >= 4 is 17.6 Å². The highest BCUT2D eigenvalue weighted by Crippen LogP contribution is 1.99. The highest BCUT2D eigenvalue weighted by Gasteiger charge is 2.14. The molecule has 0 radical (unpaired) electrons. The number of alkyl halides is 1. The van der Waals surface area contributed by atoms with Crippen LogP contribution in [-0.2, 0) is 9.53 Å². The molecule has 0 spiro atoms. The van der Waals surface area contributed by atoms with Gasteiger partial charge in [0.1, 0.15) is 5.38 Å². The fourth-order valence-corrected chi connectivity index (χ4v) is 1.03. The van der Waals surface area contributed by atoms with E-state index in [0.29, 0.717) is 12.5 Å². The van der Waals surface area contributed by atoms with Gasteiger partial charge in [0.15, 0.2) is 0 Å². The van der Waals surface area contributed by atoms with E-state index in [0.717, 1.165) is 13.0 Å². The van der Waals surface area contributed by atoms with Crippen LogP contribution in [0.1, 0.15) is 20.3 Å². The fraction of sp³-hybridized carbons (Fsp3) is 0.889. The first kappa shape index (κ1) is 12.7. The monoisotopic (exact) mass is 207 g/mol. The van der Waals surface area contributed by atoms with Crippen molar-refractivity contribution in [3.8, 4) is 0 Å². The van der Waals surface area contributed by atoms with Crippen LogP contribution in [0, 0.1) is 5.92 Å². The Bertz CT molecular complexity index is 151. The Morgan fingerprint density at radius 3 is 2.62 bits per heavy atom. The Hall–Kier alpha value is -0.280. The third-order valence-electron chi connectivity index (χ3n) is 1.68. The first-order valence-electron chi connectivity index (χ1n) is 4.50. The van der Waals surface area contributed by atoms with Crippen LogP contribution >= 0.6 is 11.6 Å². The van der Waals surface area contributed by atoms with Gasteiger partial charge in [0.25, 0.3) is 0 Å². The molecule has 13 heavy (non-hydrogen) atoms. The SMILES string of the molecule is COC(=O)C(Cl)CNCCC(C)C. The number of halogens is 1. The Morgan fingerprint density at radius 1 is 1.54 bits per heavy atom. The lowest BCUT2D eigenvalue weighted by Gasteiger charge is -2.09. The highest BCUT2D eigenvalue weighted by molar-refractivity contribution is 6.30. The zero-order valence-corrected chi connectivity index (χ0v) is 9.23. The Kier molecular flexibility index (Phi) is 7.00. The second-order valence-corrected chi connectivity index (χ2v) is 3.90. The van der Waals surface area contributed by atoms with Gasteiger partial charge in [0.05, 0.1) is 7.11 Å². The van der Waals surface area contributed by atoms with Crippen LogP contribution in [0.3, 0.4) is 0 Å². The number of methoxy groups -OCH3 is 1. The van der Waals surface area contributed by atoms with Gasteiger partial charge in [0, 0.05) is 6.54 Å². The number of esters is 1. The summed E-state index contributed by atoms with van der Waals surface area (Å²) in [5.41, 5.74) is 0. The second kappa shape index (κ2) is 7.15. The van der Waals surface area contributed by atoms with Crippen molar-refractivity contribution in [1.82, 2.24) is 5.32 Å². The molecule has 0 rings (SSSR count). The van der Waals surface area contributed by atoms with E-state index < -0.39 is 5.38 Å². The third kappa shape index (κ3) is 6.84. The van der Waals surface area contributed by atoms with Crippen LogP contribution in [-0.4, -0.2) is 31.5 Å². The van der Waals surface area contributed by atoms with Crippen molar-refractivity contribution in [1.29, 1.82) is 0 Å². The summed E-state index contributed by atoms with van der Waals surface area (Å²) in [5, 5.41) is 2.53. The molecule has 0 aromatic heterocycles. The lowest BCUT2D eigenvalue weighted by Crippen LogP contribution is -2.31. The minimum absolute atomic E-state index is 0.376. The van der Waals surface area contributed by atoms with Crippen LogP contribution in [0.5, 0.6) is 0 Å². The summed E-state index contributed by atoms with van der Waals surface area (Å²) in [6.45, 7) is 5.67. The summed E-state index contributed by atoms with van der Waals surface area (Å²) in [6.07, 6.45) is 1.09. The second-order valence-electron chi connectivity index (χ2n) is 3.38. The van der Waals surface area contributed by atoms with Crippen LogP contribution in [0.25, 0.3) is 0 Å². The number of ether oxygens (including phenoxy) is 1. The standard InChI is InChI=1S/C9H18ClNO2/c1-7(2)4-5-11-6-8(10)9(12)13-3/h7-8,11H,4-6H2,1-3H3. The molecule has 0 amide bonds. The molecule has 0 fully saturated rings. The smallest absolute Gasteiger partial charge is 0.325 e. The van der Waals surface area contributed by atoms with E-state index in [1.807, 2.05) is 0 Å². The van der Waals surface area contributed by atoms with E-state index in [4.69, 9.17) is 11.6 Å². The van der Waals surface area contributed by atoms with E-state index in [-0.39, 0.29) is 5.97 Å². The minimum Gasteiger partial charge on any atom is -0.468 e. The molecular weight excluding hydrogens is 190 g/mol. The van der Waals surface area contributed by atoms with Gasteiger partial charge in [0.2, 0.25) is 0 Å². The largest absolute Gasteiger partial charge is 0.468 e. The molecule has 0 aliphatic heterocycles. The molecule has 0 aliphatic carbocycles. The molecule has 0 aromatic carbocycles. The molecule has 0 saturated heterocycles. The molecule has 3 nitrogen and oxygen atoms in total. The maximum Gasteiger partial charge on any atom is 0.325 e. The summed E-state index contributed by atoms with van der Waals surface area (Å²) >= 11 is 5.71. The maximum absolute atomic E-state index is 10.8. The first-order valence-corrected chi connectivity index (χ1v) is 4.94. The summed E-state index contributed by atoms with van der Waals surface area (Å²) < 4.78 is 4.48. The number of hydrogen-bond donors (Lipinski definition) is 1. The van der Waals surface area contributed by atoms with Crippen LogP contribution < -0.4 is 5.32 Å². The molecule has 0 aliphatic rings. The topological polar surface area (TPSA) is 38.3 Å². The zero-order valence-electron chi connectivity index (χ0n) is 8.47. The zero-order chi connectivity index (χ0) is 10.3. The van der Waals surface area contributed by atoms with Gasteiger partial charge in [-0.2, -0.15) is 0 Å². The number of rotatable bonds is 6. The van der Waals surface area contributed by atoms with Crippen molar-refractivity contribution in [2.75, 3.05) is 20.2 Å². The molecule has 1 N–H and O–H groups in total. The average molecular weight is 208 g/mol. The lowest BCUT2D eigenvalue weighted by molar-refractivity contribution is -0.140. The van der Waals surface area contributed by atoms with E-state index in [2.05, 4.69) is 23.9 Å². The molecule has 4 heteroatoms. The number of hydrogen-bond acceptors (Lipinski definition) is 3. The molecular formula is C9H18ClNO2. The normalized spacial score (nSPS) is 13.0. The van der Waals surface area contributed by atoms with Gasteiger partial charge in [-0.1, -0.05) is 13.8 Å². The molecule has 0 heterocycles. The average Bonchev–Trinajstić information content (AvgIpc) is 2.10. The predicted molar refractivity (Wildman–Crippen MR) is 54.0 cm³/mol. The quantitative estimate of drug-likeness (QED) is 0.407. The van der Waals surface area contributed by atoms with Gasteiger partial charge in [-0.3, -0.25) is 4.79 Å². The van der Waals surface area contributed by atoms with Crippen LogP contribution in [0.2, 0.25) is 0 Å². The van der Waals surface area contributed by atoms with Gasteiger partial charge in [-0.05, 0) is 18.9 Å². The lowest BCUT2D eigenvalue weighted by atomic mass is 10.1. The molecule has 78 valence electrons. The van der Waals surface area contributed by atoms with Crippen LogP contribution in [0.4, 0.5) is 0 Å². The van der Waals surface area contributed by atoms with Crippen LogP contribution in [0.15, 0.2) is 0 Å². The molecule has 0 bridgehead atoms. The van der Waals surface area contributed by atoms with Gasteiger partial charge in [-0.15, -0.1) is 11.6 Å². The van der Waals surface area contributed by atoms with Crippen molar-refractivity contribution < 1.29 is 9.53 Å². The summed E-state index contributed by atoms with van der Waals surface area (Å²) in [6, 6.07) is 0. The molecule has 0 saturated carbocycles. The number of carbonyl (C=O) groups excluding carboxylic acids is 1. The molecule has 1 atom stereocenters. The van der Waals surface area contributed by atoms with E-state index in [1.165, 1.54) is 7.11 Å². The van der Waals surface area contributed by atoms with E-state index in [1.54, 1.807) is 0 Å². The van der Waals surface area contributed by atoms with Crippen molar-refractivity contribution in [2.45, 2.75) is 25.6 Å². The molecule has 1 unspecified atom stereocenters. The van der Waals surface area contributed by atoms with Crippen molar-refractivity contribution in [3.63, 3.8) is 0 Å². The first-order chi connectivity index (χ1) is 6.07. The summed E-state index contributed by atoms with van der Waals surface area (Å²) in [4.78, 5) is 10.8. The Balaban J connectivity index is 3.37. The number of nitrogens with one attached hydrogen (secondary N) is 1. The third-order valence-corrected chi connectivity index (χ3v) is 2.01. The van der Waals surface area contributed by atoms with Gasteiger partial charge in [-0.25, -0.2) is 0 Å². The Labute approximate surface area is 84.8 Å². The maximum atomic E-state index is 10.8. The Morgan fingerprint density at radius 2 is 2.15 bits per heavy atom. The predicted octanol–water partition coefficient (Wildman–Crippen LogP) is 1.40. The van der Waals surface area contributed by atoms with Crippen molar-refractivity contribution in [2.24, 2.45) is 5.92 Å². The molecule has 0 aromatic rings.